The van der Waals surface area contributed by atoms with Crippen molar-refractivity contribution in [3.8, 4) is 17.0 Å². The monoisotopic (exact) mass is 475 g/mol. The summed E-state index contributed by atoms with van der Waals surface area (Å²) in [5.41, 5.74) is 8.83. The maximum Gasteiger partial charge on any atom is 0.315 e. The molecule has 0 saturated carbocycles. The predicted octanol–water partition coefficient (Wildman–Crippen LogP) is 3.31. The molecule has 4 N–H and O–H groups in total. The standard InChI is InChI=1S/C24H21N5O4S/c1-32-16-4-2-14-9-29(21(30)17(14)8-16)12-24(11-26-23(31)28-24)20-7-15-6-13(3-5-19(15)33-20)18-10-34-22(25)27-18/h2-8,10H,9,11-12H2,1H3,(H2,25,27)(H2,26,28,31)/t24-/m0/s1. The Morgan fingerprint density at radius 1 is 1.24 bits per heavy atom. The number of furan rings is 1. The quantitative estimate of drug-likeness (QED) is 0.407. The van der Waals surface area contributed by atoms with Gasteiger partial charge in [-0.25, -0.2) is 9.78 Å². The highest BCUT2D eigenvalue weighted by molar-refractivity contribution is 7.13. The first-order chi connectivity index (χ1) is 16.4. The third-order valence-electron chi connectivity index (χ3n) is 6.37. The molecular weight excluding hydrogens is 454 g/mol. The summed E-state index contributed by atoms with van der Waals surface area (Å²) in [7, 11) is 1.57. The zero-order chi connectivity index (χ0) is 23.4. The fourth-order valence-electron chi connectivity index (χ4n) is 4.64. The van der Waals surface area contributed by atoms with Gasteiger partial charge >= 0.3 is 6.03 Å². The van der Waals surface area contributed by atoms with Crippen molar-refractivity contribution < 1.29 is 18.7 Å². The Balaban J connectivity index is 1.35. The highest BCUT2D eigenvalue weighted by Crippen LogP contribution is 2.35. The predicted molar refractivity (Wildman–Crippen MR) is 128 cm³/mol. The van der Waals surface area contributed by atoms with Crippen molar-refractivity contribution in [2.24, 2.45) is 0 Å². The van der Waals surface area contributed by atoms with Crippen LogP contribution >= 0.6 is 11.3 Å². The van der Waals surface area contributed by atoms with Crippen molar-refractivity contribution in [1.82, 2.24) is 20.5 Å². The summed E-state index contributed by atoms with van der Waals surface area (Å²) in [5.74, 6) is 1.11. The Labute approximate surface area is 198 Å². The lowest BCUT2D eigenvalue weighted by Gasteiger charge is -2.30. The molecule has 2 aromatic carbocycles. The van der Waals surface area contributed by atoms with Crippen LogP contribution in [0.4, 0.5) is 9.93 Å². The number of anilines is 1. The van der Waals surface area contributed by atoms with Gasteiger partial charge in [0, 0.05) is 28.4 Å². The van der Waals surface area contributed by atoms with Gasteiger partial charge in [0.05, 0.1) is 25.9 Å². The molecule has 2 aliphatic heterocycles. The van der Waals surface area contributed by atoms with E-state index in [1.165, 1.54) is 11.3 Å². The van der Waals surface area contributed by atoms with Crippen LogP contribution in [0.15, 0.2) is 52.3 Å². The number of thiazole rings is 1. The zero-order valence-electron chi connectivity index (χ0n) is 18.3. The molecule has 1 saturated heterocycles. The zero-order valence-corrected chi connectivity index (χ0v) is 19.1. The van der Waals surface area contributed by atoms with Crippen LogP contribution in [0.2, 0.25) is 0 Å². The van der Waals surface area contributed by atoms with E-state index in [0.717, 1.165) is 22.2 Å². The van der Waals surface area contributed by atoms with Gasteiger partial charge < -0.3 is 30.4 Å². The average molecular weight is 476 g/mol. The third-order valence-corrected chi connectivity index (χ3v) is 7.04. The minimum atomic E-state index is -0.900. The Hall–Kier alpha value is -4.05. The molecule has 6 rings (SSSR count). The number of urea groups is 1. The maximum atomic E-state index is 13.2. The molecule has 0 radical (unpaired) electrons. The number of methoxy groups -OCH3 is 1. The highest BCUT2D eigenvalue weighted by Gasteiger charge is 2.46. The first kappa shape index (κ1) is 20.5. The second-order valence-electron chi connectivity index (χ2n) is 8.51. The second kappa shape index (κ2) is 7.49. The van der Waals surface area contributed by atoms with E-state index in [-0.39, 0.29) is 18.5 Å². The van der Waals surface area contributed by atoms with Gasteiger partial charge in [0.2, 0.25) is 0 Å². The molecule has 4 heterocycles. The molecule has 2 aliphatic rings. The summed E-state index contributed by atoms with van der Waals surface area (Å²) in [5, 5.41) is 9.13. The van der Waals surface area contributed by atoms with Crippen LogP contribution in [0.1, 0.15) is 21.7 Å². The van der Waals surface area contributed by atoms with E-state index in [9.17, 15) is 9.59 Å². The van der Waals surface area contributed by atoms with E-state index in [0.29, 0.717) is 40.9 Å². The van der Waals surface area contributed by atoms with Crippen molar-refractivity contribution >= 4 is 39.4 Å². The molecule has 0 unspecified atom stereocenters. The number of nitrogens with one attached hydrogen (secondary N) is 2. The van der Waals surface area contributed by atoms with Crippen molar-refractivity contribution in [3.63, 3.8) is 0 Å². The largest absolute Gasteiger partial charge is 0.497 e. The summed E-state index contributed by atoms with van der Waals surface area (Å²) < 4.78 is 11.5. The van der Waals surface area contributed by atoms with Crippen LogP contribution in [0.5, 0.6) is 5.75 Å². The van der Waals surface area contributed by atoms with Crippen LogP contribution < -0.4 is 21.1 Å². The molecule has 1 fully saturated rings. The minimum Gasteiger partial charge on any atom is -0.497 e. The molecule has 0 aliphatic carbocycles. The van der Waals surface area contributed by atoms with Gasteiger partial charge in [-0.05, 0) is 42.0 Å². The number of aromatic nitrogens is 1. The van der Waals surface area contributed by atoms with Gasteiger partial charge in [-0.1, -0.05) is 6.07 Å². The molecule has 9 nitrogen and oxygen atoms in total. The molecule has 34 heavy (non-hydrogen) atoms. The lowest BCUT2D eigenvalue weighted by molar-refractivity contribution is 0.0722. The van der Waals surface area contributed by atoms with Crippen LogP contribution in [-0.2, 0) is 12.1 Å². The first-order valence-corrected chi connectivity index (χ1v) is 11.6. The average Bonchev–Trinajstić information content (AvgIpc) is 3.60. The van der Waals surface area contributed by atoms with Crippen LogP contribution in [0, 0.1) is 0 Å². The normalized spacial score (nSPS) is 19.4. The molecule has 10 heteroatoms. The van der Waals surface area contributed by atoms with E-state index in [2.05, 4.69) is 15.6 Å². The van der Waals surface area contributed by atoms with Crippen LogP contribution in [0.25, 0.3) is 22.2 Å². The number of amides is 3. The number of rotatable bonds is 5. The third kappa shape index (κ3) is 3.26. The smallest absolute Gasteiger partial charge is 0.315 e. The van der Waals surface area contributed by atoms with Crippen molar-refractivity contribution in [2.75, 3.05) is 25.9 Å². The summed E-state index contributed by atoms with van der Waals surface area (Å²) in [4.78, 5) is 31.5. The van der Waals surface area contributed by atoms with Gasteiger partial charge in [0.1, 0.15) is 22.6 Å². The van der Waals surface area contributed by atoms with Gasteiger partial charge in [-0.2, -0.15) is 0 Å². The number of hydrogen-bond donors (Lipinski definition) is 3. The molecule has 4 aromatic rings. The van der Waals surface area contributed by atoms with Crippen molar-refractivity contribution in [2.45, 2.75) is 12.1 Å². The van der Waals surface area contributed by atoms with Crippen LogP contribution in [0.3, 0.4) is 0 Å². The maximum absolute atomic E-state index is 13.2. The summed E-state index contributed by atoms with van der Waals surface area (Å²) in [6.45, 7) is 1.01. The highest BCUT2D eigenvalue weighted by atomic mass is 32.1. The number of nitrogen functional groups attached to an aromatic ring is 1. The molecule has 3 amide bonds. The first-order valence-electron chi connectivity index (χ1n) is 10.7. The minimum absolute atomic E-state index is 0.103. The van der Waals surface area contributed by atoms with Gasteiger partial charge in [0.15, 0.2) is 5.13 Å². The summed E-state index contributed by atoms with van der Waals surface area (Å²) in [6, 6.07) is 12.9. The number of nitrogens with two attached hydrogens (primary N) is 1. The molecule has 2 aromatic heterocycles. The lowest BCUT2D eigenvalue weighted by atomic mass is 9.96. The summed E-state index contributed by atoms with van der Waals surface area (Å²) >= 11 is 1.39. The molecular formula is C24H21N5O4S. The Kier molecular flexibility index (Phi) is 4.53. The summed E-state index contributed by atoms with van der Waals surface area (Å²) in [6.07, 6.45) is 0. The number of carbonyl (C=O) groups excluding carboxylic acids is 2. The number of nitrogens with zero attached hydrogens (tertiary/aromatic N) is 2. The number of carbonyl (C=O) groups is 2. The fourth-order valence-corrected chi connectivity index (χ4v) is 5.21. The SMILES string of the molecule is COc1ccc2c(c1)C(=O)N(C[C@]1(c3cc4cc(-c5csc(N)n5)ccc4o3)CNC(=O)N1)C2. The van der Waals surface area contributed by atoms with Gasteiger partial charge in [0.25, 0.3) is 5.91 Å². The Bertz CT molecular complexity index is 1460. The lowest BCUT2D eigenvalue weighted by Crippen LogP contribution is -2.50. The number of hydrogen-bond acceptors (Lipinski definition) is 7. The van der Waals surface area contributed by atoms with Crippen LogP contribution in [-0.4, -0.2) is 42.0 Å². The number of fused-ring (bicyclic) bond motifs is 2. The van der Waals surface area contributed by atoms with Crippen molar-refractivity contribution in [1.29, 1.82) is 0 Å². The van der Waals surface area contributed by atoms with E-state index < -0.39 is 5.54 Å². The Morgan fingerprint density at radius 2 is 2.12 bits per heavy atom. The second-order valence-corrected chi connectivity index (χ2v) is 9.40. The number of ether oxygens (including phenoxy) is 1. The molecule has 1 atom stereocenters. The topological polar surface area (TPSA) is 123 Å². The molecule has 0 bridgehead atoms. The number of benzene rings is 2. The van der Waals surface area contributed by atoms with E-state index in [1.54, 1.807) is 18.1 Å². The van der Waals surface area contributed by atoms with E-state index in [4.69, 9.17) is 14.9 Å². The van der Waals surface area contributed by atoms with Crippen molar-refractivity contribution in [3.05, 3.63) is 64.7 Å². The Morgan fingerprint density at radius 3 is 2.85 bits per heavy atom. The van der Waals surface area contributed by atoms with Gasteiger partial charge in [-0.3, -0.25) is 4.79 Å². The van der Waals surface area contributed by atoms with E-state index in [1.807, 2.05) is 41.8 Å². The molecule has 172 valence electrons. The fraction of sp³-hybridized carbons (Fsp3) is 0.208. The van der Waals surface area contributed by atoms with Gasteiger partial charge in [-0.15, -0.1) is 11.3 Å². The van der Waals surface area contributed by atoms with E-state index >= 15 is 0 Å². The molecule has 0 spiro atoms.